The van der Waals surface area contributed by atoms with E-state index in [1.165, 1.54) is 35.3 Å². The molecule has 0 unspecified atom stereocenters. The van der Waals surface area contributed by atoms with Gasteiger partial charge >= 0.3 is 0 Å². The number of anilines is 1. The van der Waals surface area contributed by atoms with E-state index in [1.54, 1.807) is 17.7 Å². The molecule has 1 aliphatic rings. The summed E-state index contributed by atoms with van der Waals surface area (Å²) in [6.07, 6.45) is 8.29. The van der Waals surface area contributed by atoms with Crippen molar-refractivity contribution in [3.63, 3.8) is 0 Å². The number of thiophene rings is 1. The zero-order valence-electron chi connectivity index (χ0n) is 14.6. The molecule has 0 radical (unpaired) electrons. The molecule has 4 nitrogen and oxygen atoms in total. The Morgan fingerprint density at radius 3 is 2.72 bits per heavy atom. The zero-order chi connectivity index (χ0) is 17.2. The van der Waals surface area contributed by atoms with Gasteiger partial charge in [0.05, 0.1) is 11.6 Å². The maximum atomic E-state index is 4.45. The Hall–Kier alpha value is -2.27. The van der Waals surface area contributed by atoms with Crippen LogP contribution in [0.5, 0.6) is 0 Å². The first-order valence-corrected chi connectivity index (χ1v) is 9.68. The molecule has 0 atom stereocenters. The van der Waals surface area contributed by atoms with E-state index in [1.807, 2.05) is 6.21 Å². The van der Waals surface area contributed by atoms with E-state index in [9.17, 15) is 0 Å². The second-order valence-corrected chi connectivity index (χ2v) is 7.89. The maximum absolute atomic E-state index is 4.45. The van der Waals surface area contributed by atoms with Crippen LogP contribution in [0.4, 0.5) is 5.82 Å². The van der Waals surface area contributed by atoms with Crippen LogP contribution in [0.25, 0.3) is 10.2 Å². The van der Waals surface area contributed by atoms with Gasteiger partial charge in [-0.05, 0) is 48.3 Å². The first kappa shape index (κ1) is 16.2. The molecule has 2 aromatic heterocycles. The monoisotopic (exact) mass is 350 g/mol. The van der Waals surface area contributed by atoms with Gasteiger partial charge in [0.1, 0.15) is 11.2 Å². The van der Waals surface area contributed by atoms with E-state index in [-0.39, 0.29) is 0 Å². The van der Waals surface area contributed by atoms with Crippen LogP contribution < -0.4 is 5.43 Å². The second-order valence-electron chi connectivity index (χ2n) is 6.80. The van der Waals surface area contributed by atoms with Crippen LogP contribution in [0.15, 0.2) is 35.7 Å². The normalized spacial score (nSPS) is 14.4. The van der Waals surface area contributed by atoms with Gasteiger partial charge in [-0.15, -0.1) is 11.3 Å². The highest BCUT2D eigenvalue weighted by molar-refractivity contribution is 7.19. The van der Waals surface area contributed by atoms with Gasteiger partial charge < -0.3 is 0 Å². The quantitative estimate of drug-likeness (QED) is 0.523. The van der Waals surface area contributed by atoms with Crippen LogP contribution in [0.2, 0.25) is 0 Å². The largest absolute Gasteiger partial charge is 0.261 e. The average Bonchev–Trinajstić information content (AvgIpc) is 3.01. The van der Waals surface area contributed by atoms with E-state index in [4.69, 9.17) is 0 Å². The van der Waals surface area contributed by atoms with Gasteiger partial charge in [0, 0.05) is 4.88 Å². The van der Waals surface area contributed by atoms with Crippen molar-refractivity contribution in [2.24, 2.45) is 5.10 Å². The Bertz CT molecular complexity index is 909. The Kier molecular flexibility index (Phi) is 4.49. The molecule has 5 heteroatoms. The number of aryl methyl sites for hydroxylation is 2. The molecule has 128 valence electrons. The molecule has 0 saturated carbocycles. The molecular formula is C20H22N4S. The van der Waals surface area contributed by atoms with Crippen molar-refractivity contribution in [1.82, 2.24) is 9.97 Å². The SMILES string of the molecule is CC(C)c1ccc(/C=N\Nc2ncnc3sc4c(c23)CCCC4)cc1. The number of nitrogens with one attached hydrogen (secondary N) is 1. The summed E-state index contributed by atoms with van der Waals surface area (Å²) < 4.78 is 0. The lowest BCUT2D eigenvalue weighted by atomic mass is 9.97. The third kappa shape index (κ3) is 3.29. The van der Waals surface area contributed by atoms with Gasteiger partial charge in [-0.1, -0.05) is 38.1 Å². The van der Waals surface area contributed by atoms with Crippen LogP contribution >= 0.6 is 11.3 Å². The van der Waals surface area contributed by atoms with Gasteiger partial charge in [-0.25, -0.2) is 9.97 Å². The van der Waals surface area contributed by atoms with Crippen molar-refractivity contribution in [1.29, 1.82) is 0 Å². The van der Waals surface area contributed by atoms with E-state index in [2.05, 4.69) is 58.6 Å². The molecule has 0 spiro atoms. The van der Waals surface area contributed by atoms with Crippen LogP contribution in [-0.4, -0.2) is 16.2 Å². The van der Waals surface area contributed by atoms with Crippen LogP contribution in [0, 0.1) is 0 Å². The van der Waals surface area contributed by atoms with Gasteiger partial charge in [0.15, 0.2) is 5.82 Å². The Labute approximate surface area is 152 Å². The van der Waals surface area contributed by atoms with Gasteiger partial charge in [-0.3, -0.25) is 5.43 Å². The summed E-state index contributed by atoms with van der Waals surface area (Å²) in [7, 11) is 0. The van der Waals surface area contributed by atoms with Gasteiger partial charge in [-0.2, -0.15) is 5.10 Å². The highest BCUT2D eigenvalue weighted by Crippen LogP contribution is 2.38. The molecule has 0 bridgehead atoms. The summed E-state index contributed by atoms with van der Waals surface area (Å²) in [5.41, 5.74) is 6.98. The molecule has 2 heterocycles. The smallest absolute Gasteiger partial charge is 0.158 e. The van der Waals surface area contributed by atoms with Gasteiger partial charge in [0.25, 0.3) is 0 Å². The molecule has 1 N–H and O–H groups in total. The minimum absolute atomic E-state index is 0.545. The van der Waals surface area contributed by atoms with Gasteiger partial charge in [0.2, 0.25) is 0 Å². The number of aromatic nitrogens is 2. The van der Waals surface area contributed by atoms with Crippen LogP contribution in [-0.2, 0) is 12.8 Å². The van der Waals surface area contributed by atoms with E-state index >= 15 is 0 Å². The minimum atomic E-state index is 0.545. The molecular weight excluding hydrogens is 328 g/mol. The predicted octanol–water partition coefficient (Wildman–Crippen LogP) is 5.14. The fourth-order valence-corrected chi connectivity index (χ4v) is 4.54. The molecule has 4 rings (SSSR count). The highest BCUT2D eigenvalue weighted by atomic mass is 32.1. The Morgan fingerprint density at radius 1 is 1.12 bits per heavy atom. The maximum Gasteiger partial charge on any atom is 0.158 e. The lowest BCUT2D eigenvalue weighted by molar-refractivity contribution is 0.700. The van der Waals surface area contributed by atoms with E-state index in [0.717, 1.165) is 28.0 Å². The highest BCUT2D eigenvalue weighted by Gasteiger charge is 2.19. The first-order chi connectivity index (χ1) is 12.2. The molecule has 3 aromatic rings. The second kappa shape index (κ2) is 6.92. The third-order valence-corrected chi connectivity index (χ3v) is 5.94. The zero-order valence-corrected chi connectivity index (χ0v) is 15.4. The number of benzene rings is 1. The first-order valence-electron chi connectivity index (χ1n) is 8.86. The Balaban J connectivity index is 1.57. The lowest BCUT2D eigenvalue weighted by Crippen LogP contribution is -2.01. The van der Waals surface area contributed by atoms with E-state index < -0.39 is 0 Å². The van der Waals surface area contributed by atoms with E-state index in [0.29, 0.717) is 5.92 Å². The topological polar surface area (TPSA) is 50.2 Å². The van der Waals surface area contributed by atoms with Crippen molar-refractivity contribution >= 4 is 33.6 Å². The number of fused-ring (bicyclic) bond motifs is 3. The Morgan fingerprint density at radius 2 is 1.92 bits per heavy atom. The number of rotatable bonds is 4. The van der Waals surface area contributed by atoms with Crippen molar-refractivity contribution in [2.75, 3.05) is 5.43 Å². The van der Waals surface area contributed by atoms with Crippen molar-refractivity contribution in [2.45, 2.75) is 45.4 Å². The minimum Gasteiger partial charge on any atom is -0.261 e. The molecule has 1 aromatic carbocycles. The van der Waals surface area contributed by atoms with Crippen molar-refractivity contribution in [3.8, 4) is 0 Å². The van der Waals surface area contributed by atoms with Crippen LogP contribution in [0.3, 0.4) is 0 Å². The average molecular weight is 350 g/mol. The number of hydrogen-bond donors (Lipinski definition) is 1. The number of hydrazone groups is 1. The van der Waals surface area contributed by atoms with Crippen molar-refractivity contribution in [3.05, 3.63) is 52.2 Å². The molecule has 25 heavy (non-hydrogen) atoms. The van der Waals surface area contributed by atoms with Crippen LogP contribution in [0.1, 0.15) is 54.2 Å². The molecule has 1 aliphatic carbocycles. The summed E-state index contributed by atoms with van der Waals surface area (Å²) in [5.74, 6) is 1.36. The molecule has 0 saturated heterocycles. The summed E-state index contributed by atoms with van der Waals surface area (Å²) >= 11 is 1.81. The summed E-state index contributed by atoms with van der Waals surface area (Å²) in [6, 6.07) is 8.51. The number of hydrogen-bond acceptors (Lipinski definition) is 5. The summed E-state index contributed by atoms with van der Waals surface area (Å²) in [4.78, 5) is 11.4. The molecule has 0 fully saturated rings. The molecule has 0 amide bonds. The summed E-state index contributed by atoms with van der Waals surface area (Å²) in [6.45, 7) is 4.40. The number of nitrogens with zero attached hydrogens (tertiary/aromatic N) is 3. The third-order valence-electron chi connectivity index (χ3n) is 4.74. The molecule has 0 aliphatic heterocycles. The lowest BCUT2D eigenvalue weighted by Gasteiger charge is -2.11. The fourth-order valence-electron chi connectivity index (χ4n) is 3.31. The standard InChI is InChI=1S/C20H22N4S/c1-13(2)15-9-7-14(8-10-15)11-23-24-19-18-16-5-3-4-6-17(16)25-20(18)22-12-21-19/h7-13H,3-6H2,1-2H3,(H,21,22,24)/b23-11-. The fraction of sp³-hybridized carbons (Fsp3) is 0.350. The van der Waals surface area contributed by atoms with Crippen molar-refractivity contribution < 1.29 is 0 Å². The predicted molar refractivity (Wildman–Crippen MR) is 106 cm³/mol. The summed E-state index contributed by atoms with van der Waals surface area (Å²) in [5, 5.41) is 5.57.